The molecule has 5 heteroatoms. The molecule has 2 rings (SSSR count). The zero-order valence-electron chi connectivity index (χ0n) is 8.41. The number of halogens is 1. The van der Waals surface area contributed by atoms with Crippen LogP contribution in [0.2, 0.25) is 5.02 Å². The van der Waals surface area contributed by atoms with E-state index in [9.17, 15) is 0 Å². The molecule has 1 heterocycles. The standard InChI is InChI=1S/C10H10ClN3S/c1-6-3-4-7(8(11)5-6)9-12-10(15)14(2)13-9/h3-5H,1-2H3,(H,12,13,15). The largest absolute Gasteiger partial charge is 0.279 e. The van der Waals surface area contributed by atoms with Crippen LogP contribution in [0.15, 0.2) is 18.2 Å². The van der Waals surface area contributed by atoms with Gasteiger partial charge >= 0.3 is 0 Å². The Kier molecular flexibility index (Phi) is 2.63. The van der Waals surface area contributed by atoms with E-state index >= 15 is 0 Å². The number of rotatable bonds is 1. The van der Waals surface area contributed by atoms with Gasteiger partial charge in [-0.05, 0) is 36.8 Å². The fourth-order valence-electron chi connectivity index (χ4n) is 1.33. The molecule has 15 heavy (non-hydrogen) atoms. The van der Waals surface area contributed by atoms with Crippen LogP contribution < -0.4 is 0 Å². The summed E-state index contributed by atoms with van der Waals surface area (Å²) < 4.78 is 2.20. The Hall–Kier alpha value is -1.13. The van der Waals surface area contributed by atoms with Crippen LogP contribution in [0.25, 0.3) is 11.4 Å². The van der Waals surface area contributed by atoms with Crippen molar-refractivity contribution in [3.8, 4) is 11.4 Å². The lowest BCUT2D eigenvalue weighted by Crippen LogP contribution is -1.90. The minimum absolute atomic E-state index is 0.515. The van der Waals surface area contributed by atoms with E-state index in [0.29, 0.717) is 15.6 Å². The number of aryl methyl sites for hydroxylation is 2. The first kappa shape index (κ1) is 10.4. The smallest absolute Gasteiger partial charge is 0.216 e. The molecule has 0 fully saturated rings. The van der Waals surface area contributed by atoms with Crippen LogP contribution in [-0.4, -0.2) is 14.8 Å². The normalized spacial score (nSPS) is 10.6. The van der Waals surface area contributed by atoms with Crippen molar-refractivity contribution >= 4 is 23.8 Å². The van der Waals surface area contributed by atoms with E-state index in [0.717, 1.165) is 11.1 Å². The van der Waals surface area contributed by atoms with Crippen molar-refractivity contribution in [2.45, 2.75) is 6.92 Å². The van der Waals surface area contributed by atoms with Crippen LogP contribution in [0.1, 0.15) is 5.56 Å². The lowest BCUT2D eigenvalue weighted by molar-refractivity contribution is 0.756. The van der Waals surface area contributed by atoms with E-state index in [2.05, 4.69) is 10.1 Å². The van der Waals surface area contributed by atoms with E-state index in [-0.39, 0.29) is 0 Å². The Balaban J connectivity index is 2.59. The summed E-state index contributed by atoms with van der Waals surface area (Å²) in [5.74, 6) is 0.701. The third-order valence-corrected chi connectivity index (χ3v) is 2.83. The van der Waals surface area contributed by atoms with Gasteiger partial charge in [0.1, 0.15) is 0 Å². The van der Waals surface area contributed by atoms with Crippen LogP contribution in [0.4, 0.5) is 0 Å². The molecular formula is C10H10ClN3S. The Morgan fingerprint density at radius 3 is 2.73 bits per heavy atom. The summed E-state index contributed by atoms with van der Waals surface area (Å²) in [5, 5.41) is 3.72. The number of H-pyrrole nitrogens is 1. The Morgan fingerprint density at radius 1 is 1.47 bits per heavy atom. The lowest BCUT2D eigenvalue weighted by atomic mass is 10.1. The van der Waals surface area contributed by atoms with Crippen LogP contribution in [0, 0.1) is 11.7 Å². The monoisotopic (exact) mass is 239 g/mol. The van der Waals surface area contributed by atoms with Crippen molar-refractivity contribution in [2.75, 3.05) is 0 Å². The summed E-state index contributed by atoms with van der Waals surface area (Å²) in [6, 6.07) is 5.83. The molecule has 0 aliphatic rings. The zero-order chi connectivity index (χ0) is 11.0. The maximum absolute atomic E-state index is 6.12. The first-order valence-corrected chi connectivity index (χ1v) is 5.26. The van der Waals surface area contributed by atoms with E-state index in [1.165, 1.54) is 0 Å². The topological polar surface area (TPSA) is 33.6 Å². The van der Waals surface area contributed by atoms with Crippen molar-refractivity contribution < 1.29 is 0 Å². The second-order valence-electron chi connectivity index (χ2n) is 3.40. The second-order valence-corrected chi connectivity index (χ2v) is 4.17. The van der Waals surface area contributed by atoms with E-state index < -0.39 is 0 Å². The number of nitrogens with zero attached hydrogens (tertiary/aromatic N) is 2. The van der Waals surface area contributed by atoms with Crippen LogP contribution in [-0.2, 0) is 7.05 Å². The molecule has 0 unspecified atom stereocenters. The average Bonchev–Trinajstić information content (AvgIpc) is 2.46. The SMILES string of the molecule is Cc1ccc(-c2nc(=S)n(C)[nH]2)c(Cl)c1. The van der Waals surface area contributed by atoms with Gasteiger partial charge in [0.05, 0.1) is 5.02 Å². The van der Waals surface area contributed by atoms with Gasteiger partial charge in [-0.2, -0.15) is 4.98 Å². The Morgan fingerprint density at radius 2 is 2.20 bits per heavy atom. The highest BCUT2D eigenvalue weighted by atomic mass is 35.5. The minimum atomic E-state index is 0.515. The molecule has 0 aliphatic carbocycles. The molecule has 0 bridgehead atoms. The van der Waals surface area contributed by atoms with E-state index in [4.69, 9.17) is 23.8 Å². The van der Waals surface area contributed by atoms with E-state index in [1.54, 1.807) is 4.68 Å². The molecule has 0 aliphatic heterocycles. The second kappa shape index (κ2) is 3.79. The Bertz CT molecular complexity index is 556. The van der Waals surface area contributed by atoms with Crippen molar-refractivity contribution in [1.29, 1.82) is 0 Å². The van der Waals surface area contributed by atoms with Crippen LogP contribution >= 0.6 is 23.8 Å². The van der Waals surface area contributed by atoms with Crippen molar-refractivity contribution in [2.24, 2.45) is 7.05 Å². The van der Waals surface area contributed by atoms with Gasteiger partial charge in [-0.1, -0.05) is 17.7 Å². The Labute approximate surface area is 97.7 Å². The van der Waals surface area contributed by atoms with Crippen LogP contribution in [0.5, 0.6) is 0 Å². The molecular weight excluding hydrogens is 230 g/mol. The third-order valence-electron chi connectivity index (χ3n) is 2.15. The van der Waals surface area contributed by atoms with Crippen molar-refractivity contribution in [3.05, 3.63) is 33.6 Å². The molecule has 1 N–H and O–H groups in total. The maximum atomic E-state index is 6.12. The number of benzene rings is 1. The summed E-state index contributed by atoms with van der Waals surface area (Å²) in [4.78, 5) is 4.21. The first-order valence-electron chi connectivity index (χ1n) is 4.47. The number of aromatic nitrogens is 3. The maximum Gasteiger partial charge on any atom is 0.216 e. The number of nitrogens with one attached hydrogen (secondary N) is 1. The summed E-state index contributed by atoms with van der Waals surface area (Å²) >= 11 is 11.1. The average molecular weight is 240 g/mol. The van der Waals surface area contributed by atoms with Gasteiger partial charge in [-0.15, -0.1) is 0 Å². The molecule has 0 atom stereocenters. The van der Waals surface area contributed by atoms with Gasteiger partial charge < -0.3 is 0 Å². The van der Waals surface area contributed by atoms with Crippen molar-refractivity contribution in [1.82, 2.24) is 14.8 Å². The predicted octanol–water partition coefficient (Wildman–Crippen LogP) is 3.11. The fraction of sp³-hybridized carbons (Fsp3) is 0.200. The lowest BCUT2D eigenvalue weighted by Gasteiger charge is -2.01. The molecule has 3 nitrogen and oxygen atoms in total. The molecule has 0 radical (unpaired) electrons. The summed E-state index contributed by atoms with van der Waals surface area (Å²) in [6.45, 7) is 2.00. The zero-order valence-corrected chi connectivity index (χ0v) is 9.99. The van der Waals surface area contributed by atoms with Gasteiger partial charge in [0.2, 0.25) is 4.77 Å². The molecule has 2 aromatic rings. The number of hydrogen-bond acceptors (Lipinski definition) is 2. The summed E-state index contributed by atoms with van der Waals surface area (Å²) in [7, 11) is 1.82. The van der Waals surface area contributed by atoms with Gasteiger partial charge in [-0.3, -0.25) is 9.78 Å². The number of aromatic amines is 1. The molecule has 78 valence electrons. The molecule has 0 saturated carbocycles. The van der Waals surface area contributed by atoms with Crippen molar-refractivity contribution in [3.63, 3.8) is 0 Å². The molecule has 1 aromatic heterocycles. The highest BCUT2D eigenvalue weighted by Gasteiger charge is 2.07. The number of hydrogen-bond donors (Lipinski definition) is 1. The molecule has 0 spiro atoms. The molecule has 1 aromatic carbocycles. The highest BCUT2D eigenvalue weighted by molar-refractivity contribution is 7.71. The summed E-state index contributed by atoms with van der Waals surface area (Å²) in [5.41, 5.74) is 1.99. The minimum Gasteiger partial charge on any atom is -0.279 e. The van der Waals surface area contributed by atoms with Gasteiger partial charge in [0.25, 0.3) is 0 Å². The first-order chi connectivity index (χ1) is 7.08. The predicted molar refractivity (Wildman–Crippen MR) is 63.6 cm³/mol. The third kappa shape index (κ3) is 1.96. The van der Waals surface area contributed by atoms with Gasteiger partial charge in [0, 0.05) is 12.6 Å². The fourth-order valence-corrected chi connectivity index (χ4v) is 1.80. The molecule has 0 saturated heterocycles. The summed E-state index contributed by atoms with van der Waals surface area (Å²) in [6.07, 6.45) is 0. The van der Waals surface area contributed by atoms with Crippen LogP contribution in [0.3, 0.4) is 0 Å². The van der Waals surface area contributed by atoms with E-state index in [1.807, 2.05) is 32.2 Å². The van der Waals surface area contributed by atoms with Gasteiger partial charge in [-0.25, -0.2) is 0 Å². The molecule has 0 amide bonds. The van der Waals surface area contributed by atoms with Gasteiger partial charge in [0.15, 0.2) is 5.82 Å². The quantitative estimate of drug-likeness (QED) is 0.776. The highest BCUT2D eigenvalue weighted by Crippen LogP contribution is 2.25.